The third-order valence-electron chi connectivity index (χ3n) is 0.675. The van der Waals surface area contributed by atoms with Crippen LogP contribution in [0.1, 0.15) is 0 Å². The molecule has 0 aliphatic carbocycles. The molecule has 48 valence electrons. The van der Waals surface area contributed by atoms with Crippen LogP contribution in [0.25, 0.3) is 0 Å². The third-order valence-corrected chi connectivity index (χ3v) is 1.50. The molecule has 0 saturated carbocycles. The standard InChI is InChI=1S/C4H4N2O2S/c7-9(8)4-2-1-3-5-6-9/h1-4H. The minimum Gasteiger partial charge on any atom is -0.198 e. The Hall–Kier alpha value is -0.970. The molecule has 0 bridgehead atoms. The predicted octanol–water partition coefficient (Wildman–Crippen LogP) is 0.809. The van der Waals surface area contributed by atoms with Crippen LogP contribution in [0.5, 0.6) is 0 Å². The van der Waals surface area contributed by atoms with Gasteiger partial charge in [0, 0.05) is 0 Å². The zero-order chi connectivity index (χ0) is 6.74. The van der Waals surface area contributed by atoms with Crippen molar-refractivity contribution < 1.29 is 8.42 Å². The first-order valence-corrected chi connectivity index (χ1v) is 3.71. The van der Waals surface area contributed by atoms with Gasteiger partial charge in [-0.15, -0.1) is 5.11 Å². The summed E-state index contributed by atoms with van der Waals surface area (Å²) in [7, 11) is -3.40. The minimum atomic E-state index is -3.40. The smallest absolute Gasteiger partial charge is 0.198 e. The summed E-state index contributed by atoms with van der Waals surface area (Å²) in [4.78, 5) is 0. The maximum atomic E-state index is 10.5. The Morgan fingerprint density at radius 1 is 1.22 bits per heavy atom. The molecule has 0 atom stereocenters. The Morgan fingerprint density at radius 3 is 2.78 bits per heavy atom. The summed E-state index contributed by atoms with van der Waals surface area (Å²) in [6, 6.07) is 0. The average molecular weight is 144 g/mol. The molecule has 1 heterocycles. The zero-order valence-electron chi connectivity index (χ0n) is 4.43. The third kappa shape index (κ3) is 1.77. The van der Waals surface area contributed by atoms with Gasteiger partial charge in [-0.25, -0.2) is 0 Å². The first-order chi connectivity index (χ1) is 4.21. The second-order valence-corrected chi connectivity index (χ2v) is 2.85. The van der Waals surface area contributed by atoms with Crippen LogP contribution in [0.4, 0.5) is 0 Å². The molecular formula is C4H4N2O2S. The molecule has 0 N–H and O–H groups in total. The minimum absolute atomic E-state index is 0.986. The number of nitrogens with zero attached hydrogens (tertiary/aromatic N) is 2. The Labute approximate surface area is 52.7 Å². The van der Waals surface area contributed by atoms with E-state index in [0.29, 0.717) is 0 Å². The highest BCUT2D eigenvalue weighted by Crippen LogP contribution is 1.99. The van der Waals surface area contributed by atoms with E-state index in [9.17, 15) is 8.42 Å². The fourth-order valence-electron chi connectivity index (χ4n) is 0.353. The topological polar surface area (TPSA) is 58.9 Å². The van der Waals surface area contributed by atoms with Crippen molar-refractivity contribution >= 4 is 10.0 Å². The zero-order valence-corrected chi connectivity index (χ0v) is 5.25. The van der Waals surface area contributed by atoms with Gasteiger partial charge in [-0.2, -0.15) is 8.42 Å². The largest absolute Gasteiger partial charge is 0.292 e. The second-order valence-electron chi connectivity index (χ2n) is 1.38. The van der Waals surface area contributed by atoms with E-state index in [2.05, 4.69) is 9.63 Å². The van der Waals surface area contributed by atoms with E-state index < -0.39 is 10.0 Å². The summed E-state index contributed by atoms with van der Waals surface area (Å²) in [5.74, 6) is 0. The van der Waals surface area contributed by atoms with Crippen molar-refractivity contribution in [3.63, 3.8) is 0 Å². The van der Waals surface area contributed by atoms with Crippen molar-refractivity contribution in [1.82, 2.24) is 0 Å². The lowest BCUT2D eigenvalue weighted by atomic mass is 10.6. The number of rotatable bonds is 0. The molecule has 4 nitrogen and oxygen atoms in total. The molecular weight excluding hydrogens is 140 g/mol. The molecule has 1 aliphatic rings. The highest BCUT2D eigenvalue weighted by Gasteiger charge is 2.00. The van der Waals surface area contributed by atoms with Gasteiger partial charge in [0.05, 0.1) is 11.6 Å². The van der Waals surface area contributed by atoms with E-state index >= 15 is 0 Å². The van der Waals surface area contributed by atoms with Crippen molar-refractivity contribution in [2.75, 3.05) is 0 Å². The summed E-state index contributed by atoms with van der Waals surface area (Å²) in [6.07, 6.45) is 4.17. The van der Waals surface area contributed by atoms with Crippen LogP contribution in [0.3, 0.4) is 0 Å². The molecule has 1 aliphatic heterocycles. The van der Waals surface area contributed by atoms with E-state index in [1.165, 1.54) is 18.4 Å². The molecule has 0 aromatic rings. The Kier molecular flexibility index (Phi) is 1.44. The Bertz CT molecular complexity index is 251. The van der Waals surface area contributed by atoms with Crippen molar-refractivity contribution in [3.05, 3.63) is 23.8 Å². The van der Waals surface area contributed by atoms with Crippen molar-refractivity contribution in [3.8, 4) is 0 Å². The van der Waals surface area contributed by atoms with E-state index in [1.807, 2.05) is 0 Å². The molecule has 0 aromatic carbocycles. The van der Waals surface area contributed by atoms with Crippen molar-refractivity contribution in [2.45, 2.75) is 0 Å². The van der Waals surface area contributed by atoms with E-state index in [4.69, 9.17) is 0 Å². The lowest BCUT2D eigenvalue weighted by molar-refractivity contribution is 0.604. The maximum absolute atomic E-state index is 10.5. The van der Waals surface area contributed by atoms with Gasteiger partial charge in [0.25, 0.3) is 10.0 Å². The fourth-order valence-corrected chi connectivity index (χ4v) is 0.883. The first kappa shape index (κ1) is 6.15. The highest BCUT2D eigenvalue weighted by molar-refractivity contribution is 7.92. The Balaban J connectivity index is 3.11. The van der Waals surface area contributed by atoms with Crippen LogP contribution in [0.2, 0.25) is 0 Å². The summed E-state index contributed by atoms with van der Waals surface area (Å²) in [5.41, 5.74) is 0. The van der Waals surface area contributed by atoms with Gasteiger partial charge in [-0.05, 0) is 12.2 Å². The first-order valence-electron chi connectivity index (χ1n) is 2.21. The molecule has 0 aromatic heterocycles. The molecule has 1 rings (SSSR count). The normalized spacial score (nSPS) is 21.8. The summed E-state index contributed by atoms with van der Waals surface area (Å²) in [6.45, 7) is 0. The SMILES string of the molecule is O=S1(=O)C=CC=CN=N1. The van der Waals surface area contributed by atoms with Gasteiger partial charge in [-0.1, -0.05) is 4.52 Å². The summed E-state index contributed by atoms with van der Waals surface area (Å²) >= 11 is 0. The van der Waals surface area contributed by atoms with Gasteiger partial charge in [0.1, 0.15) is 0 Å². The molecule has 0 unspecified atom stereocenters. The molecule has 0 fully saturated rings. The molecule has 0 amide bonds. The fraction of sp³-hybridized carbons (Fsp3) is 0. The van der Waals surface area contributed by atoms with Crippen molar-refractivity contribution in [2.24, 2.45) is 9.63 Å². The highest BCUT2D eigenvalue weighted by atomic mass is 32.2. The van der Waals surface area contributed by atoms with Crippen LogP contribution < -0.4 is 0 Å². The number of allylic oxidation sites excluding steroid dienone is 2. The van der Waals surface area contributed by atoms with Crippen LogP contribution in [0.15, 0.2) is 33.4 Å². The molecule has 9 heavy (non-hydrogen) atoms. The van der Waals surface area contributed by atoms with E-state index in [1.54, 1.807) is 0 Å². The maximum Gasteiger partial charge on any atom is 0.292 e. The number of hydrogen-bond donors (Lipinski definition) is 0. The average Bonchev–Trinajstić information content (AvgIpc) is 1.92. The summed E-state index contributed by atoms with van der Waals surface area (Å²) in [5, 5.41) is 4.20. The van der Waals surface area contributed by atoms with Crippen LogP contribution in [-0.4, -0.2) is 8.42 Å². The van der Waals surface area contributed by atoms with Crippen LogP contribution in [0, 0.1) is 0 Å². The number of hydrogen-bond acceptors (Lipinski definition) is 3. The molecule has 0 saturated heterocycles. The molecule has 5 heteroatoms. The van der Waals surface area contributed by atoms with Crippen LogP contribution >= 0.6 is 0 Å². The molecule has 0 radical (unpaired) electrons. The van der Waals surface area contributed by atoms with Gasteiger partial charge in [0.2, 0.25) is 0 Å². The lowest BCUT2D eigenvalue weighted by Gasteiger charge is -1.78. The monoisotopic (exact) mass is 144 g/mol. The van der Waals surface area contributed by atoms with E-state index in [0.717, 1.165) is 5.41 Å². The second kappa shape index (κ2) is 2.10. The van der Waals surface area contributed by atoms with Gasteiger partial charge in [-0.3, -0.25) is 0 Å². The lowest BCUT2D eigenvalue weighted by Crippen LogP contribution is -1.84. The van der Waals surface area contributed by atoms with E-state index in [-0.39, 0.29) is 0 Å². The van der Waals surface area contributed by atoms with Crippen LogP contribution in [-0.2, 0) is 10.0 Å². The summed E-state index contributed by atoms with van der Waals surface area (Å²) < 4.78 is 23.9. The number of sulfonamides is 1. The predicted molar refractivity (Wildman–Crippen MR) is 32.1 cm³/mol. The van der Waals surface area contributed by atoms with Gasteiger partial charge < -0.3 is 0 Å². The quantitative estimate of drug-likeness (QED) is 0.505. The van der Waals surface area contributed by atoms with Gasteiger partial charge in [0.15, 0.2) is 0 Å². The van der Waals surface area contributed by atoms with Crippen molar-refractivity contribution in [1.29, 1.82) is 0 Å². The van der Waals surface area contributed by atoms with Gasteiger partial charge >= 0.3 is 0 Å². The molecule has 0 spiro atoms. The Morgan fingerprint density at radius 2 is 2.00 bits per heavy atom.